The predicted molar refractivity (Wildman–Crippen MR) is 75.6 cm³/mol. The molecule has 1 amide bonds. The molecule has 0 bridgehead atoms. The zero-order valence-corrected chi connectivity index (χ0v) is 12.8. The lowest BCUT2D eigenvalue weighted by molar-refractivity contribution is -0.137. The van der Waals surface area contributed by atoms with Crippen molar-refractivity contribution in [2.24, 2.45) is 5.92 Å². The molecule has 2 heterocycles. The van der Waals surface area contributed by atoms with Gasteiger partial charge in [-0.1, -0.05) is 6.42 Å². The van der Waals surface area contributed by atoms with Gasteiger partial charge in [0.1, 0.15) is 6.04 Å². The van der Waals surface area contributed by atoms with E-state index in [4.69, 9.17) is 5.11 Å². The van der Waals surface area contributed by atoms with Gasteiger partial charge < -0.3 is 10.0 Å². The van der Waals surface area contributed by atoms with Gasteiger partial charge in [-0.2, -0.15) is 4.31 Å². The number of carbonyl (C=O) groups excluding carboxylic acids is 1. The Balaban J connectivity index is 2.03. The van der Waals surface area contributed by atoms with E-state index in [1.54, 1.807) is 4.90 Å². The molecular formula is C13H24N2O4S. The highest BCUT2D eigenvalue weighted by molar-refractivity contribution is 7.88. The van der Waals surface area contributed by atoms with Crippen molar-refractivity contribution in [2.75, 3.05) is 32.5 Å². The van der Waals surface area contributed by atoms with E-state index in [0.717, 1.165) is 25.7 Å². The molecule has 1 N–H and O–H groups in total. The first-order chi connectivity index (χ1) is 9.43. The third kappa shape index (κ3) is 3.51. The number of piperidine rings is 2. The molecule has 2 rings (SSSR count). The van der Waals surface area contributed by atoms with Crippen LogP contribution >= 0.6 is 0 Å². The van der Waals surface area contributed by atoms with Crippen molar-refractivity contribution in [2.45, 2.75) is 38.1 Å². The quantitative estimate of drug-likeness (QED) is 0.798. The predicted octanol–water partition coefficient (Wildman–Crippen LogP) is 0.0314. The highest BCUT2D eigenvalue weighted by Crippen LogP contribution is 2.24. The third-order valence-corrected chi connectivity index (χ3v) is 5.64. The number of amides is 1. The summed E-state index contributed by atoms with van der Waals surface area (Å²) in [5.41, 5.74) is 0. The number of aliphatic hydroxyl groups is 1. The van der Waals surface area contributed by atoms with E-state index >= 15 is 0 Å². The van der Waals surface area contributed by atoms with E-state index in [9.17, 15) is 13.2 Å². The summed E-state index contributed by atoms with van der Waals surface area (Å²) in [6, 6.07) is -0.524. The first-order valence-electron chi connectivity index (χ1n) is 7.30. The monoisotopic (exact) mass is 304 g/mol. The number of aliphatic hydroxyl groups excluding tert-OH is 1. The highest BCUT2D eigenvalue weighted by Gasteiger charge is 2.37. The van der Waals surface area contributed by atoms with E-state index in [0.29, 0.717) is 26.1 Å². The summed E-state index contributed by atoms with van der Waals surface area (Å²) < 4.78 is 25.0. The lowest BCUT2D eigenvalue weighted by atomic mass is 9.96. The number of rotatable bonds is 3. The average Bonchev–Trinajstić information content (AvgIpc) is 2.46. The van der Waals surface area contributed by atoms with Gasteiger partial charge in [0.2, 0.25) is 15.9 Å². The molecule has 7 heteroatoms. The van der Waals surface area contributed by atoms with E-state index in [-0.39, 0.29) is 18.4 Å². The Morgan fingerprint density at radius 1 is 1.15 bits per heavy atom. The molecule has 0 aromatic carbocycles. The lowest BCUT2D eigenvalue weighted by Crippen LogP contribution is -2.54. The maximum atomic E-state index is 12.6. The van der Waals surface area contributed by atoms with Crippen LogP contribution in [0.2, 0.25) is 0 Å². The maximum absolute atomic E-state index is 12.6. The second-order valence-electron chi connectivity index (χ2n) is 5.84. The highest BCUT2D eigenvalue weighted by atomic mass is 32.2. The average molecular weight is 304 g/mol. The molecule has 6 nitrogen and oxygen atoms in total. The molecule has 0 aromatic heterocycles. The van der Waals surface area contributed by atoms with Gasteiger partial charge in [0.05, 0.1) is 6.26 Å². The van der Waals surface area contributed by atoms with Crippen LogP contribution in [0.4, 0.5) is 0 Å². The summed E-state index contributed by atoms with van der Waals surface area (Å²) in [6.07, 6.45) is 5.11. The normalized spacial score (nSPS) is 26.7. The molecule has 1 unspecified atom stereocenters. The molecule has 2 saturated heterocycles. The van der Waals surface area contributed by atoms with Crippen LogP contribution in [0.15, 0.2) is 0 Å². The Labute approximate surface area is 120 Å². The molecule has 2 aliphatic rings. The Morgan fingerprint density at radius 2 is 1.80 bits per heavy atom. The molecule has 0 aliphatic carbocycles. The smallest absolute Gasteiger partial charge is 0.241 e. The minimum absolute atomic E-state index is 0.0634. The molecule has 116 valence electrons. The molecule has 1 atom stereocenters. The maximum Gasteiger partial charge on any atom is 0.241 e. The Bertz CT molecular complexity index is 443. The number of carbonyl (C=O) groups is 1. The summed E-state index contributed by atoms with van der Waals surface area (Å²) >= 11 is 0. The standard InChI is InChI=1S/C13H24N2O4S/c1-20(18,19)15-7-3-2-4-12(15)13(17)14-8-5-11(10-16)6-9-14/h11-12,16H,2-10H2,1H3. The van der Waals surface area contributed by atoms with Crippen LogP contribution in [0, 0.1) is 5.92 Å². The summed E-state index contributed by atoms with van der Waals surface area (Å²) in [7, 11) is -3.33. The van der Waals surface area contributed by atoms with Gasteiger partial charge in [-0.3, -0.25) is 4.79 Å². The third-order valence-electron chi connectivity index (χ3n) is 4.35. The fourth-order valence-electron chi connectivity index (χ4n) is 3.10. The van der Waals surface area contributed by atoms with Crippen molar-refractivity contribution < 1.29 is 18.3 Å². The van der Waals surface area contributed by atoms with Crippen molar-refractivity contribution >= 4 is 15.9 Å². The van der Waals surface area contributed by atoms with Gasteiger partial charge in [-0.05, 0) is 31.6 Å². The SMILES string of the molecule is CS(=O)(=O)N1CCCCC1C(=O)N1CCC(CO)CC1. The summed E-state index contributed by atoms with van der Waals surface area (Å²) in [5, 5.41) is 9.12. The van der Waals surface area contributed by atoms with Crippen LogP contribution in [-0.2, 0) is 14.8 Å². The molecule has 0 saturated carbocycles. The first kappa shape index (κ1) is 15.7. The number of sulfonamides is 1. The van der Waals surface area contributed by atoms with Crippen molar-refractivity contribution in [1.82, 2.24) is 9.21 Å². The van der Waals surface area contributed by atoms with Crippen LogP contribution in [0.25, 0.3) is 0 Å². The van der Waals surface area contributed by atoms with Gasteiger partial charge in [0, 0.05) is 26.2 Å². The second kappa shape index (κ2) is 6.41. The van der Waals surface area contributed by atoms with E-state index in [2.05, 4.69) is 0 Å². The van der Waals surface area contributed by atoms with E-state index < -0.39 is 16.1 Å². The van der Waals surface area contributed by atoms with Gasteiger partial charge in [-0.25, -0.2) is 8.42 Å². The fourth-order valence-corrected chi connectivity index (χ4v) is 4.21. The van der Waals surface area contributed by atoms with Gasteiger partial charge in [0.25, 0.3) is 0 Å². The Morgan fingerprint density at radius 3 is 2.35 bits per heavy atom. The first-order valence-corrected chi connectivity index (χ1v) is 9.14. The molecule has 2 aliphatic heterocycles. The lowest BCUT2D eigenvalue weighted by Gasteiger charge is -2.38. The number of hydrogen-bond donors (Lipinski definition) is 1. The number of nitrogens with zero attached hydrogens (tertiary/aromatic N) is 2. The molecular weight excluding hydrogens is 280 g/mol. The molecule has 2 fully saturated rings. The van der Waals surface area contributed by atoms with Gasteiger partial charge in [0.15, 0.2) is 0 Å². The van der Waals surface area contributed by atoms with Gasteiger partial charge >= 0.3 is 0 Å². The summed E-state index contributed by atoms with van der Waals surface area (Å²) in [6.45, 7) is 1.86. The van der Waals surface area contributed by atoms with Crippen LogP contribution in [-0.4, -0.2) is 67.2 Å². The van der Waals surface area contributed by atoms with Crippen molar-refractivity contribution in [1.29, 1.82) is 0 Å². The largest absolute Gasteiger partial charge is 0.396 e. The van der Waals surface area contributed by atoms with Crippen LogP contribution in [0.3, 0.4) is 0 Å². The zero-order chi connectivity index (χ0) is 14.8. The molecule has 0 spiro atoms. The van der Waals surface area contributed by atoms with Crippen molar-refractivity contribution in [3.8, 4) is 0 Å². The topological polar surface area (TPSA) is 77.9 Å². The number of hydrogen-bond acceptors (Lipinski definition) is 4. The summed E-state index contributed by atoms with van der Waals surface area (Å²) in [5.74, 6) is 0.211. The van der Waals surface area contributed by atoms with Crippen molar-refractivity contribution in [3.63, 3.8) is 0 Å². The van der Waals surface area contributed by atoms with E-state index in [1.165, 1.54) is 10.6 Å². The minimum atomic E-state index is -3.33. The summed E-state index contributed by atoms with van der Waals surface area (Å²) in [4.78, 5) is 14.3. The second-order valence-corrected chi connectivity index (χ2v) is 7.77. The Hall–Kier alpha value is -0.660. The van der Waals surface area contributed by atoms with Crippen molar-refractivity contribution in [3.05, 3.63) is 0 Å². The van der Waals surface area contributed by atoms with E-state index in [1.807, 2.05) is 0 Å². The number of likely N-dealkylation sites (tertiary alicyclic amines) is 1. The minimum Gasteiger partial charge on any atom is -0.396 e. The Kier molecular flexibility index (Phi) is 5.04. The molecule has 20 heavy (non-hydrogen) atoms. The van der Waals surface area contributed by atoms with Crippen LogP contribution in [0.1, 0.15) is 32.1 Å². The molecule has 0 radical (unpaired) electrons. The van der Waals surface area contributed by atoms with Gasteiger partial charge in [-0.15, -0.1) is 0 Å². The zero-order valence-electron chi connectivity index (χ0n) is 12.0. The molecule has 0 aromatic rings. The fraction of sp³-hybridized carbons (Fsp3) is 0.923. The van der Waals surface area contributed by atoms with Crippen LogP contribution < -0.4 is 0 Å². The van der Waals surface area contributed by atoms with Crippen LogP contribution in [0.5, 0.6) is 0 Å².